The summed E-state index contributed by atoms with van der Waals surface area (Å²) in [4.78, 5) is 8.36. The average molecular weight is 229 g/mol. The molecule has 0 amide bonds. The number of nitrogen functional groups attached to an aromatic ring is 1. The van der Waals surface area contributed by atoms with E-state index >= 15 is 0 Å². The molecular weight excluding hydrogens is 214 g/mol. The van der Waals surface area contributed by atoms with Crippen molar-refractivity contribution < 1.29 is 4.74 Å². The van der Waals surface area contributed by atoms with Crippen LogP contribution < -0.4 is 10.5 Å². The predicted octanol–water partition coefficient (Wildman–Crippen LogP) is 1.97. The number of ether oxygens (including phenoxy) is 1. The lowest BCUT2D eigenvalue weighted by Crippen LogP contribution is -2.00. The van der Waals surface area contributed by atoms with Crippen LogP contribution in [0.1, 0.15) is 17.0 Å². The molecule has 0 saturated heterocycles. The molecule has 4 nitrogen and oxygen atoms in total. The zero-order valence-electron chi connectivity index (χ0n) is 9.97. The molecule has 1 aromatic carbocycles. The highest BCUT2D eigenvalue weighted by molar-refractivity contribution is 5.37. The van der Waals surface area contributed by atoms with Crippen LogP contribution in [0, 0.1) is 6.92 Å². The van der Waals surface area contributed by atoms with E-state index in [1.165, 1.54) is 0 Å². The van der Waals surface area contributed by atoms with Gasteiger partial charge in [0.15, 0.2) is 0 Å². The number of nitrogens with two attached hydrogens (primary N) is 1. The Hall–Kier alpha value is -2.10. The van der Waals surface area contributed by atoms with E-state index in [9.17, 15) is 0 Å². The van der Waals surface area contributed by atoms with Crippen LogP contribution in [0.15, 0.2) is 30.5 Å². The quantitative estimate of drug-likeness (QED) is 0.874. The molecule has 0 atom stereocenters. The van der Waals surface area contributed by atoms with Gasteiger partial charge in [-0.2, -0.15) is 0 Å². The highest BCUT2D eigenvalue weighted by Crippen LogP contribution is 2.19. The van der Waals surface area contributed by atoms with Crippen LogP contribution >= 0.6 is 0 Å². The van der Waals surface area contributed by atoms with Crippen molar-refractivity contribution >= 4 is 5.82 Å². The van der Waals surface area contributed by atoms with Crippen LogP contribution in [0.3, 0.4) is 0 Å². The Bertz CT molecular complexity index is 526. The fourth-order valence-electron chi connectivity index (χ4n) is 1.73. The Balaban J connectivity index is 2.22. The predicted molar refractivity (Wildman–Crippen MR) is 67.0 cm³/mol. The molecule has 1 aromatic heterocycles. The smallest absolute Gasteiger partial charge is 0.135 e. The maximum Gasteiger partial charge on any atom is 0.135 e. The van der Waals surface area contributed by atoms with Crippen LogP contribution in [0.2, 0.25) is 0 Å². The largest absolute Gasteiger partial charge is 0.496 e. The first-order valence-electron chi connectivity index (χ1n) is 5.40. The van der Waals surface area contributed by atoms with Gasteiger partial charge in [0.2, 0.25) is 0 Å². The van der Waals surface area contributed by atoms with Crippen molar-refractivity contribution in [3.8, 4) is 5.75 Å². The lowest BCUT2D eigenvalue weighted by atomic mass is 10.1. The third-order valence-electron chi connectivity index (χ3n) is 2.55. The highest BCUT2D eigenvalue weighted by Gasteiger charge is 2.03. The van der Waals surface area contributed by atoms with Gasteiger partial charge in [-0.05, 0) is 30.2 Å². The molecule has 0 bridgehead atoms. The molecule has 0 aliphatic rings. The van der Waals surface area contributed by atoms with E-state index in [-0.39, 0.29) is 0 Å². The van der Waals surface area contributed by atoms with Crippen LogP contribution in [0.4, 0.5) is 5.82 Å². The summed E-state index contributed by atoms with van der Waals surface area (Å²) in [6, 6.07) is 7.73. The second kappa shape index (κ2) is 4.82. The van der Waals surface area contributed by atoms with Gasteiger partial charge in [-0.25, -0.2) is 9.97 Å². The number of anilines is 1. The first-order valence-corrected chi connectivity index (χ1v) is 5.40. The minimum absolute atomic E-state index is 0.500. The number of methoxy groups -OCH3 is 1. The maximum atomic E-state index is 5.62. The molecule has 2 rings (SSSR count). The summed E-state index contributed by atoms with van der Waals surface area (Å²) in [5.74, 6) is 2.12. The topological polar surface area (TPSA) is 61.0 Å². The first kappa shape index (κ1) is 11.4. The monoisotopic (exact) mass is 229 g/mol. The molecule has 4 heteroatoms. The SMILES string of the molecule is COc1ccc(Cc2nccc(N)n2)cc1C. The van der Waals surface area contributed by atoms with E-state index in [4.69, 9.17) is 10.5 Å². The van der Waals surface area contributed by atoms with Crippen molar-refractivity contribution in [3.05, 3.63) is 47.4 Å². The average Bonchev–Trinajstić information content (AvgIpc) is 2.29. The van der Waals surface area contributed by atoms with E-state index in [2.05, 4.69) is 16.0 Å². The Morgan fingerprint density at radius 1 is 1.29 bits per heavy atom. The van der Waals surface area contributed by atoms with Crippen molar-refractivity contribution in [2.75, 3.05) is 12.8 Å². The molecule has 0 aliphatic heterocycles. The Morgan fingerprint density at radius 2 is 2.12 bits per heavy atom. The van der Waals surface area contributed by atoms with E-state index in [0.29, 0.717) is 12.2 Å². The molecule has 0 fully saturated rings. The van der Waals surface area contributed by atoms with Gasteiger partial charge in [0, 0.05) is 12.6 Å². The molecule has 0 saturated carbocycles. The van der Waals surface area contributed by atoms with Gasteiger partial charge in [-0.1, -0.05) is 12.1 Å². The number of aryl methyl sites for hydroxylation is 1. The summed E-state index contributed by atoms with van der Waals surface area (Å²) in [5, 5.41) is 0. The molecule has 0 aliphatic carbocycles. The van der Waals surface area contributed by atoms with Gasteiger partial charge < -0.3 is 10.5 Å². The maximum absolute atomic E-state index is 5.62. The van der Waals surface area contributed by atoms with Crippen molar-refractivity contribution in [3.63, 3.8) is 0 Å². The lowest BCUT2D eigenvalue weighted by molar-refractivity contribution is 0.411. The number of rotatable bonds is 3. The Labute approximate surface area is 100 Å². The molecule has 2 aromatic rings. The highest BCUT2D eigenvalue weighted by atomic mass is 16.5. The standard InChI is InChI=1S/C13H15N3O/c1-9-7-10(3-4-11(9)17-2)8-13-15-6-5-12(14)16-13/h3-7H,8H2,1-2H3,(H2,14,15,16). The molecule has 1 heterocycles. The minimum Gasteiger partial charge on any atom is -0.496 e. The number of hydrogen-bond donors (Lipinski definition) is 1. The van der Waals surface area contributed by atoms with Gasteiger partial charge in [-0.3, -0.25) is 0 Å². The summed E-state index contributed by atoms with van der Waals surface area (Å²) < 4.78 is 5.22. The Morgan fingerprint density at radius 3 is 2.76 bits per heavy atom. The van der Waals surface area contributed by atoms with Gasteiger partial charge in [0.1, 0.15) is 17.4 Å². The van der Waals surface area contributed by atoms with Gasteiger partial charge in [0.05, 0.1) is 7.11 Å². The fourth-order valence-corrected chi connectivity index (χ4v) is 1.73. The van der Waals surface area contributed by atoms with Gasteiger partial charge >= 0.3 is 0 Å². The fraction of sp³-hybridized carbons (Fsp3) is 0.231. The summed E-state index contributed by atoms with van der Waals surface area (Å²) in [5.41, 5.74) is 7.87. The zero-order valence-corrected chi connectivity index (χ0v) is 9.97. The summed E-state index contributed by atoms with van der Waals surface area (Å²) in [7, 11) is 1.67. The van der Waals surface area contributed by atoms with Gasteiger partial charge in [0.25, 0.3) is 0 Å². The summed E-state index contributed by atoms with van der Waals surface area (Å²) in [6.07, 6.45) is 2.35. The van der Waals surface area contributed by atoms with Crippen LogP contribution in [0.5, 0.6) is 5.75 Å². The van der Waals surface area contributed by atoms with Crippen LogP contribution in [-0.4, -0.2) is 17.1 Å². The van der Waals surface area contributed by atoms with Crippen molar-refractivity contribution in [1.29, 1.82) is 0 Å². The third kappa shape index (κ3) is 2.72. The van der Waals surface area contributed by atoms with Crippen LogP contribution in [-0.2, 0) is 6.42 Å². The molecule has 2 N–H and O–H groups in total. The number of benzene rings is 1. The first-order chi connectivity index (χ1) is 8.19. The third-order valence-corrected chi connectivity index (χ3v) is 2.55. The lowest BCUT2D eigenvalue weighted by Gasteiger charge is -2.07. The number of hydrogen-bond acceptors (Lipinski definition) is 4. The van der Waals surface area contributed by atoms with Crippen molar-refractivity contribution in [2.45, 2.75) is 13.3 Å². The van der Waals surface area contributed by atoms with E-state index in [1.54, 1.807) is 19.4 Å². The van der Waals surface area contributed by atoms with Crippen molar-refractivity contribution in [1.82, 2.24) is 9.97 Å². The van der Waals surface area contributed by atoms with E-state index in [1.807, 2.05) is 19.1 Å². The molecule has 0 unspecified atom stereocenters. The van der Waals surface area contributed by atoms with Gasteiger partial charge in [-0.15, -0.1) is 0 Å². The number of nitrogens with zero attached hydrogens (tertiary/aromatic N) is 2. The normalized spacial score (nSPS) is 10.2. The van der Waals surface area contributed by atoms with E-state index < -0.39 is 0 Å². The summed E-state index contributed by atoms with van der Waals surface area (Å²) >= 11 is 0. The zero-order chi connectivity index (χ0) is 12.3. The second-order valence-corrected chi connectivity index (χ2v) is 3.88. The van der Waals surface area contributed by atoms with E-state index in [0.717, 1.165) is 22.7 Å². The molecule has 88 valence electrons. The van der Waals surface area contributed by atoms with Crippen LogP contribution in [0.25, 0.3) is 0 Å². The molecular formula is C13H15N3O. The molecule has 0 spiro atoms. The minimum atomic E-state index is 0.500. The van der Waals surface area contributed by atoms with Crippen molar-refractivity contribution in [2.24, 2.45) is 0 Å². The second-order valence-electron chi connectivity index (χ2n) is 3.88. The summed E-state index contributed by atoms with van der Waals surface area (Å²) in [6.45, 7) is 2.02. The molecule has 0 radical (unpaired) electrons. The number of aromatic nitrogens is 2. The Kier molecular flexibility index (Phi) is 3.23. The molecule has 17 heavy (non-hydrogen) atoms.